The molecule has 202 valence electrons. The van der Waals surface area contributed by atoms with Gasteiger partial charge in [0.2, 0.25) is 5.91 Å². The molecule has 0 bridgehead atoms. The Morgan fingerprint density at radius 2 is 2.02 bits per heavy atom. The van der Waals surface area contributed by atoms with Crippen molar-refractivity contribution in [3.05, 3.63) is 81.5 Å². The first-order valence-corrected chi connectivity index (χ1v) is 13.9. The maximum atomic E-state index is 13.6. The third kappa shape index (κ3) is 4.58. The maximum Gasteiger partial charge on any atom is 0.259 e. The van der Waals surface area contributed by atoms with Gasteiger partial charge in [-0.3, -0.25) is 15.0 Å². The van der Waals surface area contributed by atoms with Gasteiger partial charge in [-0.25, -0.2) is 15.0 Å². The number of nitrogens with one attached hydrogen (secondary N) is 3. The molecule has 11 heteroatoms. The Kier molecular flexibility index (Phi) is 6.51. The van der Waals surface area contributed by atoms with E-state index in [2.05, 4.69) is 31.7 Å². The predicted octanol–water partition coefficient (Wildman–Crippen LogP) is 5.00. The van der Waals surface area contributed by atoms with Gasteiger partial charge in [0.25, 0.3) is 5.56 Å². The third-order valence-electron chi connectivity index (χ3n) is 7.33. The van der Waals surface area contributed by atoms with Crippen LogP contribution in [0.3, 0.4) is 0 Å². The van der Waals surface area contributed by atoms with Crippen LogP contribution in [0.25, 0.3) is 21.0 Å². The van der Waals surface area contributed by atoms with Gasteiger partial charge in [-0.05, 0) is 55.3 Å². The Bertz CT molecular complexity index is 1870. The number of amides is 1. The van der Waals surface area contributed by atoms with Crippen LogP contribution in [0.15, 0.2) is 53.6 Å². The lowest BCUT2D eigenvalue weighted by Crippen LogP contribution is -2.32. The number of rotatable bonds is 7. The minimum atomic E-state index is -0.193. The van der Waals surface area contributed by atoms with Gasteiger partial charge in [0.05, 0.1) is 33.4 Å². The number of hydrogen-bond acceptors (Lipinski definition) is 9. The van der Waals surface area contributed by atoms with Crippen molar-refractivity contribution in [2.75, 3.05) is 16.4 Å². The number of nitrogens with two attached hydrogens (primary N) is 1. The molecule has 6 rings (SSSR count). The molecule has 1 aliphatic carbocycles. The van der Waals surface area contributed by atoms with E-state index >= 15 is 0 Å². The average molecular weight is 553 g/mol. The normalized spacial score (nSPS) is 13.3. The smallest absolute Gasteiger partial charge is 0.259 e. The van der Waals surface area contributed by atoms with E-state index in [1.165, 1.54) is 24.6 Å². The van der Waals surface area contributed by atoms with Crippen molar-refractivity contribution in [3.8, 4) is 0 Å². The molecule has 1 saturated carbocycles. The number of pyridine rings is 1. The fourth-order valence-corrected chi connectivity index (χ4v) is 6.12. The van der Waals surface area contributed by atoms with Crippen molar-refractivity contribution in [1.29, 1.82) is 5.41 Å². The molecule has 5 N–H and O–H groups in total. The van der Waals surface area contributed by atoms with Gasteiger partial charge < -0.3 is 20.9 Å². The first-order valence-electron chi connectivity index (χ1n) is 13.1. The standard InChI is InChI=1S/C29H28N8O2S/c1-15-5-3-6-17-11-20(37(19-7-4-8-19)28(39)23(15)17)13-32-27-24(26(31)33-14-34-27)25(30)18-9-10-21-22(12-18)40-29(36-21)35-16(2)38/h3,5-6,9-12,14,19,30H,4,7-8,13H2,1-2H3,(H,35,36,38)(H3,31,32,33,34). The highest BCUT2D eigenvalue weighted by atomic mass is 32.1. The summed E-state index contributed by atoms with van der Waals surface area (Å²) >= 11 is 1.33. The number of hydrogen-bond donors (Lipinski definition) is 4. The van der Waals surface area contributed by atoms with Crippen LogP contribution in [0, 0.1) is 12.3 Å². The molecule has 10 nitrogen and oxygen atoms in total. The second-order valence-electron chi connectivity index (χ2n) is 10.0. The fraction of sp³-hybridized carbons (Fsp3) is 0.241. The van der Waals surface area contributed by atoms with Crippen molar-refractivity contribution in [2.45, 2.75) is 45.7 Å². The van der Waals surface area contributed by atoms with Crippen LogP contribution in [0.5, 0.6) is 0 Å². The molecular formula is C29H28N8O2S. The Hall–Kier alpha value is -4.64. The summed E-state index contributed by atoms with van der Waals surface area (Å²) in [5.41, 5.74) is 10.0. The third-order valence-corrected chi connectivity index (χ3v) is 8.27. The van der Waals surface area contributed by atoms with Crippen molar-refractivity contribution >= 4 is 60.7 Å². The SMILES string of the molecule is CC(=O)Nc1nc2ccc(C(=N)c3c(N)ncnc3NCc3cc4cccc(C)c4c(=O)n3C3CCC3)cc2s1. The van der Waals surface area contributed by atoms with E-state index in [9.17, 15) is 9.59 Å². The average Bonchev–Trinajstić information content (AvgIpc) is 3.28. The maximum absolute atomic E-state index is 13.6. The molecule has 3 aromatic heterocycles. The molecule has 0 spiro atoms. The summed E-state index contributed by atoms with van der Waals surface area (Å²) in [5, 5.41) is 17.2. The fourth-order valence-electron chi connectivity index (χ4n) is 5.17. The van der Waals surface area contributed by atoms with Crippen molar-refractivity contribution < 1.29 is 4.79 Å². The minimum absolute atomic E-state index is 0.0313. The van der Waals surface area contributed by atoms with Gasteiger partial charge in [-0.15, -0.1) is 0 Å². The van der Waals surface area contributed by atoms with E-state index < -0.39 is 0 Å². The summed E-state index contributed by atoms with van der Waals surface area (Å²) in [4.78, 5) is 38.0. The van der Waals surface area contributed by atoms with E-state index in [4.69, 9.17) is 11.1 Å². The van der Waals surface area contributed by atoms with Crippen LogP contribution >= 0.6 is 11.3 Å². The summed E-state index contributed by atoms with van der Waals surface area (Å²) in [6.07, 6.45) is 4.42. The Morgan fingerprint density at radius 3 is 2.77 bits per heavy atom. The molecule has 1 fully saturated rings. The second kappa shape index (κ2) is 10.2. The summed E-state index contributed by atoms with van der Waals surface area (Å²) < 4.78 is 2.75. The number of carbonyl (C=O) groups excluding carboxylic acids is 1. The van der Waals surface area contributed by atoms with Gasteiger partial charge in [0, 0.05) is 24.2 Å². The summed E-state index contributed by atoms with van der Waals surface area (Å²) in [7, 11) is 0. The Morgan fingerprint density at radius 1 is 1.20 bits per heavy atom. The molecular weight excluding hydrogens is 524 g/mol. The van der Waals surface area contributed by atoms with E-state index in [0.717, 1.165) is 51.5 Å². The lowest BCUT2D eigenvalue weighted by atomic mass is 9.91. The number of nitrogen functional groups attached to an aromatic ring is 1. The van der Waals surface area contributed by atoms with Crippen LogP contribution in [0.4, 0.5) is 16.8 Å². The van der Waals surface area contributed by atoms with Gasteiger partial charge >= 0.3 is 0 Å². The van der Waals surface area contributed by atoms with Gasteiger partial charge in [0.15, 0.2) is 5.13 Å². The van der Waals surface area contributed by atoms with Gasteiger partial charge in [0.1, 0.15) is 18.0 Å². The zero-order valence-corrected chi connectivity index (χ0v) is 22.9. The van der Waals surface area contributed by atoms with Crippen LogP contribution in [0.1, 0.15) is 54.6 Å². The number of fused-ring (bicyclic) bond motifs is 2. The molecule has 0 saturated heterocycles. The van der Waals surface area contributed by atoms with Crippen molar-refractivity contribution in [1.82, 2.24) is 19.5 Å². The quantitative estimate of drug-likeness (QED) is 0.207. The largest absolute Gasteiger partial charge is 0.383 e. The zero-order chi connectivity index (χ0) is 28.0. The van der Waals surface area contributed by atoms with Gasteiger partial charge in [-0.2, -0.15) is 0 Å². The Balaban J connectivity index is 1.35. The summed E-state index contributed by atoms with van der Waals surface area (Å²) in [5.74, 6) is 0.398. The van der Waals surface area contributed by atoms with Crippen molar-refractivity contribution in [3.63, 3.8) is 0 Å². The highest BCUT2D eigenvalue weighted by Gasteiger charge is 2.25. The molecule has 2 aromatic carbocycles. The monoisotopic (exact) mass is 552 g/mol. The first-order chi connectivity index (χ1) is 19.3. The van der Waals surface area contributed by atoms with E-state index in [0.29, 0.717) is 28.6 Å². The minimum Gasteiger partial charge on any atom is -0.383 e. The number of aryl methyl sites for hydroxylation is 1. The predicted molar refractivity (Wildman–Crippen MR) is 159 cm³/mol. The van der Waals surface area contributed by atoms with Crippen LogP contribution in [0.2, 0.25) is 0 Å². The number of anilines is 3. The first kappa shape index (κ1) is 25.6. The van der Waals surface area contributed by atoms with E-state index in [1.54, 1.807) is 6.07 Å². The molecule has 3 heterocycles. The van der Waals surface area contributed by atoms with Gasteiger partial charge in [-0.1, -0.05) is 35.6 Å². The molecule has 0 radical (unpaired) electrons. The molecule has 0 atom stereocenters. The highest BCUT2D eigenvalue weighted by molar-refractivity contribution is 7.22. The van der Waals surface area contributed by atoms with Crippen LogP contribution in [-0.2, 0) is 11.3 Å². The molecule has 1 aliphatic rings. The Labute approximate surface area is 233 Å². The van der Waals surface area contributed by atoms with Crippen LogP contribution < -0.4 is 21.9 Å². The summed E-state index contributed by atoms with van der Waals surface area (Å²) in [6, 6.07) is 13.6. The topological polar surface area (TPSA) is 152 Å². The molecule has 1 amide bonds. The van der Waals surface area contributed by atoms with E-state index in [-0.39, 0.29) is 29.0 Å². The lowest BCUT2D eigenvalue weighted by Gasteiger charge is -2.31. The summed E-state index contributed by atoms with van der Waals surface area (Å²) in [6.45, 7) is 3.74. The second-order valence-corrected chi connectivity index (χ2v) is 11.1. The van der Waals surface area contributed by atoms with Crippen molar-refractivity contribution in [2.24, 2.45) is 0 Å². The van der Waals surface area contributed by atoms with E-state index in [1.807, 2.05) is 41.8 Å². The number of carbonyl (C=O) groups is 1. The molecule has 0 aliphatic heterocycles. The molecule has 5 aromatic rings. The zero-order valence-electron chi connectivity index (χ0n) is 22.1. The highest BCUT2D eigenvalue weighted by Crippen LogP contribution is 2.33. The number of nitrogens with zero attached hydrogens (tertiary/aromatic N) is 4. The number of aromatic nitrogens is 4. The van der Waals surface area contributed by atoms with Crippen LogP contribution in [-0.4, -0.2) is 31.1 Å². The molecule has 0 unspecified atom stereocenters. The molecule has 40 heavy (non-hydrogen) atoms. The number of thiazole rings is 1. The lowest BCUT2D eigenvalue weighted by molar-refractivity contribution is -0.114. The number of benzene rings is 2.